The van der Waals surface area contributed by atoms with Crippen molar-refractivity contribution in [1.29, 1.82) is 0 Å². The van der Waals surface area contributed by atoms with Crippen molar-refractivity contribution >= 4 is 17.8 Å². The van der Waals surface area contributed by atoms with Crippen molar-refractivity contribution in [3.8, 4) is 11.4 Å². The standard InChI is InChI=1S/C25H31N7O3/c1-4-35-21-12-10-19(11-13-21)23(33)26-22(18(2)3)24(34)30-14-16-31(17-15-30)25-27-28-29-32(25)20-8-6-5-7-9-20/h5-13,18,22H,4,14-17H2,1-3H3,(H,26,33). The third-order valence-corrected chi connectivity index (χ3v) is 5.97. The zero-order chi connectivity index (χ0) is 24.8. The molecule has 1 fully saturated rings. The predicted molar refractivity (Wildman–Crippen MR) is 132 cm³/mol. The zero-order valence-corrected chi connectivity index (χ0v) is 20.3. The minimum atomic E-state index is -0.616. The molecule has 1 unspecified atom stereocenters. The van der Waals surface area contributed by atoms with E-state index in [1.165, 1.54) is 0 Å². The Morgan fingerprint density at radius 3 is 2.31 bits per heavy atom. The Kier molecular flexibility index (Phi) is 7.59. The molecule has 10 heteroatoms. The third kappa shape index (κ3) is 5.59. The predicted octanol–water partition coefficient (Wildman–Crippen LogP) is 2.16. The lowest BCUT2D eigenvalue weighted by Gasteiger charge is -2.37. The number of carbonyl (C=O) groups excluding carboxylic acids is 2. The maximum Gasteiger partial charge on any atom is 0.251 e. The summed E-state index contributed by atoms with van der Waals surface area (Å²) in [6.45, 7) is 8.56. The molecule has 1 saturated heterocycles. The molecule has 1 atom stereocenters. The van der Waals surface area contributed by atoms with Crippen LogP contribution in [0.15, 0.2) is 54.6 Å². The van der Waals surface area contributed by atoms with Gasteiger partial charge in [0.1, 0.15) is 11.8 Å². The van der Waals surface area contributed by atoms with Crippen molar-refractivity contribution in [2.75, 3.05) is 37.7 Å². The van der Waals surface area contributed by atoms with Gasteiger partial charge in [-0.15, -0.1) is 0 Å². The molecule has 0 aliphatic carbocycles. The molecule has 4 rings (SSSR count). The van der Waals surface area contributed by atoms with E-state index < -0.39 is 6.04 Å². The molecule has 2 amide bonds. The molecule has 184 valence electrons. The van der Waals surface area contributed by atoms with Gasteiger partial charge in [-0.25, -0.2) is 0 Å². The highest BCUT2D eigenvalue weighted by Gasteiger charge is 2.32. The zero-order valence-electron chi connectivity index (χ0n) is 20.3. The highest BCUT2D eigenvalue weighted by Crippen LogP contribution is 2.18. The Hall–Kier alpha value is -3.95. The number of ether oxygens (including phenoxy) is 1. The van der Waals surface area contributed by atoms with Crippen molar-refractivity contribution in [1.82, 2.24) is 30.4 Å². The monoisotopic (exact) mass is 477 g/mol. The number of tetrazole rings is 1. The number of aromatic nitrogens is 4. The molecular formula is C25H31N7O3. The summed E-state index contributed by atoms with van der Waals surface area (Å²) >= 11 is 0. The highest BCUT2D eigenvalue weighted by molar-refractivity contribution is 5.97. The van der Waals surface area contributed by atoms with E-state index >= 15 is 0 Å². The highest BCUT2D eigenvalue weighted by atomic mass is 16.5. The Morgan fingerprint density at radius 2 is 1.69 bits per heavy atom. The fraction of sp³-hybridized carbons (Fsp3) is 0.400. The fourth-order valence-corrected chi connectivity index (χ4v) is 4.05. The summed E-state index contributed by atoms with van der Waals surface area (Å²) in [6, 6.07) is 16.0. The van der Waals surface area contributed by atoms with E-state index in [2.05, 4.69) is 25.7 Å². The van der Waals surface area contributed by atoms with Crippen LogP contribution < -0.4 is 15.0 Å². The first-order chi connectivity index (χ1) is 17.0. The lowest BCUT2D eigenvalue weighted by molar-refractivity contribution is -0.134. The van der Waals surface area contributed by atoms with Gasteiger partial charge >= 0.3 is 0 Å². The molecule has 2 aromatic carbocycles. The molecule has 1 aromatic heterocycles. The third-order valence-electron chi connectivity index (χ3n) is 5.97. The van der Waals surface area contributed by atoms with E-state index in [1.807, 2.05) is 51.1 Å². The maximum absolute atomic E-state index is 13.4. The molecule has 35 heavy (non-hydrogen) atoms. The van der Waals surface area contributed by atoms with Crippen LogP contribution in [0.25, 0.3) is 5.69 Å². The van der Waals surface area contributed by atoms with Gasteiger partial charge in [-0.1, -0.05) is 37.1 Å². The summed E-state index contributed by atoms with van der Waals surface area (Å²) in [4.78, 5) is 30.1. The first kappa shape index (κ1) is 24.2. The van der Waals surface area contributed by atoms with Gasteiger partial charge in [0.05, 0.1) is 12.3 Å². The average molecular weight is 478 g/mol. The number of anilines is 1. The molecule has 2 heterocycles. The number of hydrogen-bond acceptors (Lipinski definition) is 7. The van der Waals surface area contributed by atoms with Crippen LogP contribution in [0.5, 0.6) is 5.75 Å². The maximum atomic E-state index is 13.4. The number of nitrogens with zero attached hydrogens (tertiary/aromatic N) is 6. The Labute approximate surface area is 204 Å². The molecular weight excluding hydrogens is 446 g/mol. The van der Waals surface area contributed by atoms with Crippen molar-refractivity contribution in [3.05, 3.63) is 60.2 Å². The van der Waals surface area contributed by atoms with Gasteiger partial charge in [0, 0.05) is 31.7 Å². The van der Waals surface area contributed by atoms with E-state index in [1.54, 1.807) is 33.8 Å². The van der Waals surface area contributed by atoms with Crippen LogP contribution in [-0.2, 0) is 4.79 Å². The molecule has 1 aliphatic rings. The lowest BCUT2D eigenvalue weighted by Crippen LogP contribution is -2.56. The van der Waals surface area contributed by atoms with Gasteiger partial charge in [-0.2, -0.15) is 4.68 Å². The summed E-state index contributed by atoms with van der Waals surface area (Å²) in [5.41, 5.74) is 1.37. The SMILES string of the molecule is CCOc1ccc(C(=O)NC(C(=O)N2CCN(c3nnnn3-c3ccccc3)CC2)C(C)C)cc1. The van der Waals surface area contributed by atoms with Crippen LogP contribution in [0, 0.1) is 5.92 Å². The molecule has 0 saturated carbocycles. The summed E-state index contributed by atoms with van der Waals surface area (Å²) in [5, 5.41) is 15.1. The van der Waals surface area contributed by atoms with Gasteiger partial charge in [-0.05, 0) is 59.7 Å². The molecule has 10 nitrogen and oxygen atoms in total. The van der Waals surface area contributed by atoms with E-state index in [0.717, 1.165) is 5.69 Å². The first-order valence-corrected chi connectivity index (χ1v) is 11.9. The van der Waals surface area contributed by atoms with Crippen molar-refractivity contribution in [2.24, 2.45) is 5.92 Å². The van der Waals surface area contributed by atoms with Gasteiger partial charge in [0.25, 0.3) is 5.91 Å². The second-order valence-electron chi connectivity index (χ2n) is 8.69. The van der Waals surface area contributed by atoms with Crippen molar-refractivity contribution in [3.63, 3.8) is 0 Å². The van der Waals surface area contributed by atoms with Crippen LogP contribution in [0.2, 0.25) is 0 Å². The van der Waals surface area contributed by atoms with Crippen molar-refractivity contribution < 1.29 is 14.3 Å². The van der Waals surface area contributed by atoms with Crippen LogP contribution in [-0.4, -0.2) is 75.7 Å². The number of benzene rings is 2. The van der Waals surface area contributed by atoms with Gasteiger partial charge < -0.3 is 19.9 Å². The number of amides is 2. The summed E-state index contributed by atoms with van der Waals surface area (Å²) in [6.07, 6.45) is 0. The lowest BCUT2D eigenvalue weighted by atomic mass is 10.0. The summed E-state index contributed by atoms with van der Waals surface area (Å²) in [7, 11) is 0. The van der Waals surface area contributed by atoms with Gasteiger partial charge in [-0.3, -0.25) is 9.59 Å². The number of hydrogen-bond donors (Lipinski definition) is 1. The number of nitrogens with one attached hydrogen (secondary N) is 1. The molecule has 0 bridgehead atoms. The van der Waals surface area contributed by atoms with Crippen LogP contribution >= 0.6 is 0 Å². The smallest absolute Gasteiger partial charge is 0.251 e. The topological polar surface area (TPSA) is 105 Å². The fourth-order valence-electron chi connectivity index (χ4n) is 4.05. The number of rotatable bonds is 8. The Balaban J connectivity index is 1.38. The number of carbonyl (C=O) groups is 2. The quantitative estimate of drug-likeness (QED) is 0.530. The van der Waals surface area contributed by atoms with Crippen LogP contribution in [0.3, 0.4) is 0 Å². The second kappa shape index (κ2) is 11.0. The molecule has 1 aliphatic heterocycles. The molecule has 0 spiro atoms. The van der Waals surface area contributed by atoms with E-state index in [4.69, 9.17) is 4.74 Å². The van der Waals surface area contributed by atoms with E-state index in [9.17, 15) is 9.59 Å². The van der Waals surface area contributed by atoms with Crippen LogP contribution in [0.1, 0.15) is 31.1 Å². The average Bonchev–Trinajstić information content (AvgIpc) is 3.38. The van der Waals surface area contributed by atoms with E-state index in [-0.39, 0.29) is 17.7 Å². The van der Waals surface area contributed by atoms with E-state index in [0.29, 0.717) is 50.0 Å². The first-order valence-electron chi connectivity index (χ1n) is 11.9. The second-order valence-corrected chi connectivity index (χ2v) is 8.69. The van der Waals surface area contributed by atoms with Crippen LogP contribution in [0.4, 0.5) is 5.95 Å². The molecule has 1 N–H and O–H groups in total. The summed E-state index contributed by atoms with van der Waals surface area (Å²) < 4.78 is 7.13. The normalized spacial score (nSPS) is 14.6. The number of piperazine rings is 1. The molecule has 3 aromatic rings. The van der Waals surface area contributed by atoms with Gasteiger partial charge in [0.15, 0.2) is 0 Å². The Bertz CT molecular complexity index is 1120. The number of para-hydroxylation sites is 1. The van der Waals surface area contributed by atoms with Gasteiger partial charge in [0.2, 0.25) is 11.9 Å². The Morgan fingerprint density at radius 1 is 1.00 bits per heavy atom. The van der Waals surface area contributed by atoms with Crippen molar-refractivity contribution in [2.45, 2.75) is 26.8 Å². The minimum absolute atomic E-state index is 0.0578. The summed E-state index contributed by atoms with van der Waals surface area (Å²) in [5.74, 6) is 0.934. The minimum Gasteiger partial charge on any atom is -0.494 e. The molecule has 0 radical (unpaired) electrons. The largest absolute Gasteiger partial charge is 0.494 e.